The van der Waals surface area contributed by atoms with Gasteiger partial charge in [0.05, 0.1) is 11.4 Å². The van der Waals surface area contributed by atoms with E-state index in [1.807, 2.05) is 6.20 Å². The molecule has 116 valence electrons. The maximum atomic E-state index is 5.86. The minimum atomic E-state index is 0.238. The van der Waals surface area contributed by atoms with Gasteiger partial charge in [-0.25, -0.2) is 9.97 Å². The van der Waals surface area contributed by atoms with Gasteiger partial charge < -0.3 is 10.1 Å². The lowest BCUT2D eigenvalue weighted by molar-refractivity contribution is 0.927. The van der Waals surface area contributed by atoms with E-state index >= 15 is 0 Å². The van der Waals surface area contributed by atoms with Gasteiger partial charge in [0, 0.05) is 18.6 Å². The lowest BCUT2D eigenvalue weighted by atomic mass is 10.2. The molecule has 1 fully saturated rings. The molecule has 3 heterocycles. The van der Waals surface area contributed by atoms with Crippen molar-refractivity contribution in [3.8, 4) is 0 Å². The first kappa shape index (κ1) is 14.1. The Kier molecular flexibility index (Phi) is 3.46. The standard InChI is InChI=1S/C16H15ClN6/c17-16-15(18)13(5-6-19-16)22-20-7-12-9-23-8-11(10-1-2-10)3-4-14(23)21-12/h3-6,8-10H,1-2,7,18H2. The molecule has 2 N–H and O–H groups in total. The molecule has 0 radical (unpaired) electrons. The molecule has 0 aromatic carbocycles. The number of pyridine rings is 2. The van der Waals surface area contributed by atoms with Crippen molar-refractivity contribution in [2.45, 2.75) is 25.3 Å². The molecule has 7 heteroatoms. The second kappa shape index (κ2) is 5.62. The molecule has 4 rings (SSSR count). The van der Waals surface area contributed by atoms with Crippen LogP contribution in [0.5, 0.6) is 0 Å². The number of hydrogen-bond donors (Lipinski definition) is 1. The third kappa shape index (κ3) is 2.90. The highest BCUT2D eigenvalue weighted by Gasteiger charge is 2.23. The molecule has 1 aliphatic rings. The number of rotatable bonds is 4. The summed E-state index contributed by atoms with van der Waals surface area (Å²) in [4.78, 5) is 8.43. The largest absolute Gasteiger partial charge is 0.394 e. The number of aromatic nitrogens is 3. The van der Waals surface area contributed by atoms with Crippen molar-refractivity contribution >= 4 is 28.6 Å². The average Bonchev–Trinajstić information content (AvgIpc) is 3.31. The first-order valence-electron chi connectivity index (χ1n) is 7.46. The molecule has 1 aliphatic carbocycles. The number of azo groups is 1. The van der Waals surface area contributed by atoms with Crippen LogP contribution < -0.4 is 5.73 Å². The van der Waals surface area contributed by atoms with Gasteiger partial charge in [0.2, 0.25) is 0 Å². The van der Waals surface area contributed by atoms with Gasteiger partial charge in [-0.05, 0) is 36.5 Å². The molecule has 0 amide bonds. The van der Waals surface area contributed by atoms with Crippen LogP contribution in [0.15, 0.2) is 47.0 Å². The van der Waals surface area contributed by atoms with E-state index in [4.69, 9.17) is 17.3 Å². The average molecular weight is 327 g/mol. The van der Waals surface area contributed by atoms with Gasteiger partial charge in [0.25, 0.3) is 0 Å². The van der Waals surface area contributed by atoms with E-state index < -0.39 is 0 Å². The van der Waals surface area contributed by atoms with Crippen LogP contribution in [0, 0.1) is 0 Å². The molecule has 0 atom stereocenters. The fourth-order valence-corrected chi connectivity index (χ4v) is 2.66. The third-order valence-electron chi connectivity index (χ3n) is 3.90. The number of halogens is 1. The molecule has 1 saturated carbocycles. The highest BCUT2D eigenvalue weighted by molar-refractivity contribution is 6.32. The van der Waals surface area contributed by atoms with E-state index in [1.54, 1.807) is 12.3 Å². The fourth-order valence-electron chi connectivity index (χ4n) is 2.51. The van der Waals surface area contributed by atoms with Crippen LogP contribution in [0.3, 0.4) is 0 Å². The number of nitrogens with zero attached hydrogens (tertiary/aromatic N) is 5. The summed E-state index contributed by atoms with van der Waals surface area (Å²) in [6.07, 6.45) is 8.27. The number of nitrogen functional groups attached to an aromatic ring is 1. The van der Waals surface area contributed by atoms with Crippen LogP contribution in [0.2, 0.25) is 5.15 Å². The molecule has 3 aromatic rings. The van der Waals surface area contributed by atoms with Crippen LogP contribution in [0.1, 0.15) is 30.0 Å². The van der Waals surface area contributed by atoms with Crippen LogP contribution in [-0.2, 0) is 6.54 Å². The molecule has 0 bridgehead atoms. The molecule has 0 spiro atoms. The number of nitrogens with two attached hydrogens (primary N) is 1. The molecule has 3 aromatic heterocycles. The summed E-state index contributed by atoms with van der Waals surface area (Å²) >= 11 is 5.86. The van der Waals surface area contributed by atoms with Crippen molar-refractivity contribution in [1.29, 1.82) is 0 Å². The Morgan fingerprint density at radius 2 is 2.13 bits per heavy atom. The minimum absolute atomic E-state index is 0.238. The predicted octanol–water partition coefficient (Wildman–Crippen LogP) is 4.13. The predicted molar refractivity (Wildman–Crippen MR) is 89.0 cm³/mol. The molecule has 0 unspecified atom stereocenters. The Morgan fingerprint density at radius 1 is 1.26 bits per heavy atom. The van der Waals surface area contributed by atoms with Gasteiger partial charge in [0.1, 0.15) is 17.9 Å². The number of hydrogen-bond acceptors (Lipinski definition) is 5. The Bertz CT molecular complexity index is 897. The smallest absolute Gasteiger partial charge is 0.154 e. The van der Waals surface area contributed by atoms with E-state index in [-0.39, 0.29) is 5.15 Å². The van der Waals surface area contributed by atoms with Gasteiger partial charge in [0.15, 0.2) is 5.15 Å². The second-order valence-electron chi connectivity index (χ2n) is 5.67. The summed E-state index contributed by atoms with van der Waals surface area (Å²) in [7, 11) is 0. The van der Waals surface area contributed by atoms with Gasteiger partial charge >= 0.3 is 0 Å². The Labute approximate surface area is 138 Å². The molecule has 0 saturated heterocycles. The lowest BCUT2D eigenvalue weighted by Crippen LogP contribution is -1.88. The van der Waals surface area contributed by atoms with E-state index in [2.05, 4.69) is 42.9 Å². The summed E-state index contributed by atoms with van der Waals surface area (Å²) in [5.41, 5.74) is 9.82. The first-order valence-corrected chi connectivity index (χ1v) is 7.83. The van der Waals surface area contributed by atoms with Gasteiger partial charge in [-0.3, -0.25) is 0 Å². The van der Waals surface area contributed by atoms with Gasteiger partial charge in [-0.15, -0.1) is 0 Å². The normalized spacial score (nSPS) is 14.8. The topological polar surface area (TPSA) is 80.9 Å². The van der Waals surface area contributed by atoms with E-state index in [9.17, 15) is 0 Å². The summed E-state index contributed by atoms with van der Waals surface area (Å²) in [5, 5.41) is 8.51. The monoisotopic (exact) mass is 326 g/mol. The zero-order valence-corrected chi connectivity index (χ0v) is 13.1. The quantitative estimate of drug-likeness (QED) is 0.578. The van der Waals surface area contributed by atoms with Crippen molar-refractivity contribution in [1.82, 2.24) is 14.4 Å². The number of fused-ring (bicyclic) bond motifs is 1. The summed E-state index contributed by atoms with van der Waals surface area (Å²) in [6, 6.07) is 5.89. The summed E-state index contributed by atoms with van der Waals surface area (Å²) < 4.78 is 2.05. The van der Waals surface area contributed by atoms with Crippen molar-refractivity contribution in [3.63, 3.8) is 0 Å². The Hall–Kier alpha value is -2.47. The van der Waals surface area contributed by atoms with Crippen LogP contribution in [-0.4, -0.2) is 14.4 Å². The first-order chi connectivity index (χ1) is 11.2. The molecular weight excluding hydrogens is 312 g/mol. The molecular formula is C16H15ClN6. The Morgan fingerprint density at radius 3 is 2.96 bits per heavy atom. The van der Waals surface area contributed by atoms with Crippen LogP contribution in [0.4, 0.5) is 11.4 Å². The Balaban J connectivity index is 1.53. The third-order valence-corrected chi connectivity index (χ3v) is 4.20. The van der Waals surface area contributed by atoms with Crippen molar-refractivity contribution in [2.24, 2.45) is 10.2 Å². The summed E-state index contributed by atoms with van der Waals surface area (Å²) in [5.74, 6) is 0.726. The van der Waals surface area contributed by atoms with Crippen molar-refractivity contribution < 1.29 is 0 Å². The lowest BCUT2D eigenvalue weighted by Gasteiger charge is -1.98. The highest BCUT2D eigenvalue weighted by Crippen LogP contribution is 2.39. The van der Waals surface area contributed by atoms with Crippen molar-refractivity contribution in [3.05, 3.63) is 53.2 Å². The number of imidazole rings is 1. The van der Waals surface area contributed by atoms with Crippen molar-refractivity contribution in [2.75, 3.05) is 5.73 Å². The summed E-state index contributed by atoms with van der Waals surface area (Å²) in [6.45, 7) is 0.389. The minimum Gasteiger partial charge on any atom is -0.394 e. The maximum Gasteiger partial charge on any atom is 0.154 e. The molecule has 0 aliphatic heterocycles. The zero-order chi connectivity index (χ0) is 15.8. The van der Waals surface area contributed by atoms with E-state index in [0.29, 0.717) is 17.9 Å². The van der Waals surface area contributed by atoms with Crippen LogP contribution >= 0.6 is 11.6 Å². The highest BCUT2D eigenvalue weighted by atomic mass is 35.5. The maximum absolute atomic E-state index is 5.86. The van der Waals surface area contributed by atoms with E-state index in [0.717, 1.165) is 17.3 Å². The molecule has 23 heavy (non-hydrogen) atoms. The fraction of sp³-hybridized carbons (Fsp3) is 0.250. The number of anilines is 1. The van der Waals surface area contributed by atoms with Crippen LogP contribution in [0.25, 0.3) is 5.65 Å². The second-order valence-corrected chi connectivity index (χ2v) is 6.03. The SMILES string of the molecule is Nc1c(N=NCc2cn3cc(C4CC4)ccc3n2)ccnc1Cl. The van der Waals surface area contributed by atoms with Gasteiger partial charge in [-0.2, -0.15) is 10.2 Å². The molecule has 6 nitrogen and oxygen atoms in total. The van der Waals surface area contributed by atoms with Gasteiger partial charge in [-0.1, -0.05) is 17.7 Å². The zero-order valence-electron chi connectivity index (χ0n) is 12.4. The van der Waals surface area contributed by atoms with E-state index in [1.165, 1.54) is 18.4 Å².